The maximum absolute atomic E-state index is 13.0. The summed E-state index contributed by atoms with van der Waals surface area (Å²) >= 11 is 0. The third kappa shape index (κ3) is 33.0. The Bertz CT molecular complexity index is 760. The molecule has 0 saturated carbocycles. The Labute approximate surface area is 285 Å². The molecule has 9 heteroatoms. The van der Waals surface area contributed by atoms with Gasteiger partial charge in [0.15, 0.2) is 0 Å². The summed E-state index contributed by atoms with van der Waals surface area (Å²) in [6.07, 6.45) is 33.4. The summed E-state index contributed by atoms with van der Waals surface area (Å²) in [5.41, 5.74) is 0. The van der Waals surface area contributed by atoms with Crippen LogP contribution in [0.15, 0.2) is 12.2 Å². The number of quaternary nitrogens is 1. The molecule has 8 nitrogen and oxygen atoms in total. The van der Waals surface area contributed by atoms with Crippen LogP contribution in [0, 0.1) is 0 Å². The number of hydrogen-bond acceptors (Lipinski definition) is 4. The van der Waals surface area contributed by atoms with Gasteiger partial charge in [-0.05, 0) is 38.5 Å². The molecule has 0 aromatic carbocycles. The lowest BCUT2D eigenvalue weighted by molar-refractivity contribution is -0.870. The van der Waals surface area contributed by atoms with Gasteiger partial charge in [-0.25, -0.2) is 9.36 Å². The lowest BCUT2D eigenvalue weighted by Gasteiger charge is -2.25. The van der Waals surface area contributed by atoms with Crippen LogP contribution in [0.25, 0.3) is 0 Å². The molecule has 2 amide bonds. The summed E-state index contributed by atoms with van der Waals surface area (Å²) in [5, 5.41) is 3.07. The maximum atomic E-state index is 13.0. The third-order valence-corrected chi connectivity index (χ3v) is 9.43. The van der Waals surface area contributed by atoms with Crippen LogP contribution in [0.5, 0.6) is 0 Å². The van der Waals surface area contributed by atoms with Crippen molar-refractivity contribution in [3.63, 3.8) is 0 Å². The average Bonchev–Trinajstić information content (AvgIpc) is 3.00. The van der Waals surface area contributed by atoms with E-state index in [0.717, 1.165) is 25.7 Å². The summed E-state index contributed by atoms with van der Waals surface area (Å²) < 4.78 is 23.3. The second-order valence-corrected chi connectivity index (χ2v) is 15.6. The molecule has 0 radical (unpaired) electrons. The Balaban J connectivity index is 4.23. The van der Waals surface area contributed by atoms with Gasteiger partial charge in [0.05, 0.1) is 27.7 Å². The molecule has 0 heterocycles. The van der Waals surface area contributed by atoms with Crippen LogP contribution in [0.3, 0.4) is 0 Å². The van der Waals surface area contributed by atoms with Crippen molar-refractivity contribution < 1.29 is 27.8 Å². The Kier molecular flexibility index (Phi) is 30.7. The van der Waals surface area contributed by atoms with Gasteiger partial charge < -0.3 is 19.6 Å². The number of amides is 2. The zero-order chi connectivity index (χ0) is 34.2. The predicted molar refractivity (Wildman–Crippen MR) is 196 cm³/mol. The minimum atomic E-state index is -4.15. The zero-order valence-corrected chi connectivity index (χ0v) is 32.0. The highest BCUT2D eigenvalue weighted by atomic mass is 31.2. The van der Waals surface area contributed by atoms with E-state index in [0.29, 0.717) is 24.1 Å². The quantitative estimate of drug-likeness (QED) is 0.0307. The molecule has 0 bridgehead atoms. The van der Waals surface area contributed by atoms with Crippen molar-refractivity contribution in [2.24, 2.45) is 0 Å². The molecule has 0 aliphatic carbocycles. The monoisotopic (exact) mass is 675 g/mol. The Morgan fingerprint density at radius 2 is 1.09 bits per heavy atom. The average molecular weight is 675 g/mol. The van der Waals surface area contributed by atoms with Gasteiger partial charge in [0.1, 0.15) is 13.2 Å². The van der Waals surface area contributed by atoms with E-state index in [1.54, 1.807) is 4.90 Å². The Morgan fingerprint density at radius 1 is 0.652 bits per heavy atom. The number of hydrogen-bond donors (Lipinski definition) is 2. The second-order valence-electron chi connectivity index (χ2n) is 14.1. The molecule has 1 unspecified atom stereocenters. The highest BCUT2D eigenvalue weighted by molar-refractivity contribution is 7.47. The summed E-state index contributed by atoms with van der Waals surface area (Å²) in [4.78, 5) is 24.8. The highest BCUT2D eigenvalue weighted by Gasteiger charge is 2.23. The van der Waals surface area contributed by atoms with E-state index in [9.17, 15) is 14.3 Å². The van der Waals surface area contributed by atoms with Crippen molar-refractivity contribution in [3.05, 3.63) is 12.2 Å². The topological polar surface area (TPSA) is 88.1 Å². The minimum absolute atomic E-state index is 0.0305. The van der Waals surface area contributed by atoms with E-state index in [2.05, 4.69) is 31.3 Å². The molecule has 0 aromatic rings. The highest BCUT2D eigenvalue weighted by Crippen LogP contribution is 2.42. The van der Waals surface area contributed by atoms with Crippen LogP contribution < -0.4 is 5.32 Å². The lowest BCUT2D eigenvalue weighted by Crippen LogP contribution is -2.42. The number of phosphoric ester groups is 1. The molecule has 0 fully saturated rings. The number of rotatable bonds is 34. The smallest absolute Gasteiger partial charge is 0.338 e. The molecule has 0 aliphatic heterocycles. The molecule has 0 aromatic heterocycles. The molecule has 0 rings (SSSR count). The summed E-state index contributed by atoms with van der Waals surface area (Å²) in [7, 11) is 1.83. The molecule has 2 N–H and O–H groups in total. The van der Waals surface area contributed by atoms with Crippen LogP contribution in [-0.2, 0) is 13.6 Å². The fourth-order valence-corrected chi connectivity index (χ4v) is 6.04. The molecule has 46 heavy (non-hydrogen) atoms. The van der Waals surface area contributed by atoms with Gasteiger partial charge in [-0.3, -0.25) is 9.05 Å². The van der Waals surface area contributed by atoms with E-state index in [-0.39, 0.29) is 25.8 Å². The van der Waals surface area contributed by atoms with Gasteiger partial charge in [0.25, 0.3) is 0 Å². The zero-order valence-electron chi connectivity index (χ0n) is 31.1. The van der Waals surface area contributed by atoms with Gasteiger partial charge in [-0.15, -0.1) is 0 Å². The molecule has 0 saturated heterocycles. The van der Waals surface area contributed by atoms with Crippen molar-refractivity contribution >= 4 is 13.9 Å². The number of nitrogens with one attached hydrogen (secondary N) is 1. The van der Waals surface area contributed by atoms with Crippen LogP contribution >= 0.6 is 7.82 Å². The van der Waals surface area contributed by atoms with Crippen LogP contribution in [0.2, 0.25) is 0 Å². The van der Waals surface area contributed by atoms with Gasteiger partial charge in [-0.2, -0.15) is 0 Å². The largest absolute Gasteiger partial charge is 0.472 e. The molecular weight excluding hydrogens is 597 g/mol. The van der Waals surface area contributed by atoms with Crippen LogP contribution in [0.1, 0.15) is 162 Å². The van der Waals surface area contributed by atoms with Crippen LogP contribution in [-0.4, -0.2) is 80.8 Å². The first kappa shape index (κ1) is 45.1. The van der Waals surface area contributed by atoms with Gasteiger partial charge in [-0.1, -0.05) is 135 Å². The van der Waals surface area contributed by atoms with E-state index in [1.165, 1.54) is 122 Å². The fourth-order valence-electron chi connectivity index (χ4n) is 5.34. The second kappa shape index (κ2) is 31.4. The molecule has 0 spiro atoms. The Hall–Kier alpha value is -0.920. The van der Waals surface area contributed by atoms with Crippen molar-refractivity contribution in [1.29, 1.82) is 0 Å². The number of urea groups is 1. The molecule has 1 atom stereocenters. The Morgan fingerprint density at radius 3 is 1.59 bits per heavy atom. The first-order chi connectivity index (χ1) is 22.1. The van der Waals surface area contributed by atoms with E-state index in [1.807, 2.05) is 21.1 Å². The number of likely N-dealkylation sites (N-methyl/N-ethyl adjacent to an activating group) is 1. The first-order valence-corrected chi connectivity index (χ1v) is 20.7. The standard InChI is InChI=1S/C37H76N3O5P/c1-6-8-10-12-14-16-17-18-19-20-21-22-23-25-27-29-31-38-37(41)39(32-30-28-26-24-15-13-11-9-7-2)33-35-44-46(42,43)45-36-34-40(3,4)5/h18-19H,6-17,20-36H2,1-5H3,(H-,38,41,42,43)/p+1/b19-18-. The summed E-state index contributed by atoms with van der Waals surface area (Å²) in [6, 6.07) is -0.116. The number of nitrogens with zero attached hydrogens (tertiary/aromatic N) is 2. The van der Waals surface area contributed by atoms with E-state index in [4.69, 9.17) is 9.05 Å². The normalized spacial score (nSPS) is 13.3. The minimum Gasteiger partial charge on any atom is -0.338 e. The maximum Gasteiger partial charge on any atom is 0.472 e. The van der Waals surface area contributed by atoms with Crippen molar-refractivity contribution in [3.8, 4) is 0 Å². The summed E-state index contributed by atoms with van der Waals surface area (Å²) in [6.45, 7) is 6.75. The van der Waals surface area contributed by atoms with Gasteiger partial charge in [0.2, 0.25) is 0 Å². The number of unbranched alkanes of at least 4 members (excludes halogenated alkanes) is 20. The first-order valence-electron chi connectivity index (χ1n) is 19.2. The van der Waals surface area contributed by atoms with Crippen molar-refractivity contribution in [1.82, 2.24) is 10.2 Å². The van der Waals surface area contributed by atoms with Gasteiger partial charge >= 0.3 is 13.9 Å². The molecule has 274 valence electrons. The number of carbonyl (C=O) groups is 1. The lowest BCUT2D eigenvalue weighted by atomic mass is 10.1. The van der Waals surface area contributed by atoms with Crippen molar-refractivity contribution in [2.75, 3.05) is 60.5 Å². The predicted octanol–water partition coefficient (Wildman–Crippen LogP) is 10.4. The fraction of sp³-hybridized carbons (Fsp3) is 0.919. The molecular formula is C37H77N3O5P+. The summed E-state index contributed by atoms with van der Waals surface area (Å²) in [5.74, 6) is 0. The third-order valence-electron chi connectivity index (χ3n) is 8.42. The van der Waals surface area contributed by atoms with Crippen LogP contribution in [0.4, 0.5) is 4.79 Å². The van der Waals surface area contributed by atoms with E-state index < -0.39 is 7.82 Å². The number of carbonyl (C=O) groups excluding carboxylic acids is 1. The number of phosphoric acid groups is 1. The van der Waals surface area contributed by atoms with Crippen molar-refractivity contribution in [2.45, 2.75) is 162 Å². The number of allylic oxidation sites excluding steroid dienone is 2. The SMILES string of the molecule is CCCCCCCC/C=C\CCCCCCCCNC(=O)N(CCCCCCCCCCC)CCOP(=O)(O)OCC[N+](C)(C)C. The van der Waals surface area contributed by atoms with Gasteiger partial charge in [0, 0.05) is 19.6 Å². The van der Waals surface area contributed by atoms with E-state index >= 15 is 0 Å². The molecule has 0 aliphatic rings.